The monoisotopic (exact) mass is 361 g/mol. The summed E-state index contributed by atoms with van der Waals surface area (Å²) < 4.78 is 5.57. The van der Waals surface area contributed by atoms with E-state index in [1.807, 2.05) is 29.2 Å². The maximum Gasteiger partial charge on any atom is 0.224 e. The molecule has 6 nitrogen and oxygen atoms in total. The summed E-state index contributed by atoms with van der Waals surface area (Å²) in [5.74, 6) is 0.877. The third-order valence-corrected chi connectivity index (χ3v) is 4.61. The minimum atomic E-state index is -0.116. The van der Waals surface area contributed by atoms with Crippen LogP contribution in [-0.2, 0) is 16.0 Å². The molecular weight excluding hydrogens is 330 g/mol. The van der Waals surface area contributed by atoms with Crippen molar-refractivity contribution in [2.24, 2.45) is 11.7 Å². The van der Waals surface area contributed by atoms with Gasteiger partial charge >= 0.3 is 0 Å². The number of piperidine rings is 1. The van der Waals surface area contributed by atoms with Crippen LogP contribution >= 0.6 is 0 Å². The SMILES string of the molecule is CCCOc1ccc(CCC(=O)N2CCCC(C(=O)NCCN)C2)cc1. The Hall–Kier alpha value is -2.08. The number of hydrogen-bond acceptors (Lipinski definition) is 4. The highest BCUT2D eigenvalue weighted by Gasteiger charge is 2.27. The van der Waals surface area contributed by atoms with E-state index >= 15 is 0 Å². The van der Waals surface area contributed by atoms with Crippen molar-refractivity contribution in [3.63, 3.8) is 0 Å². The third kappa shape index (κ3) is 6.33. The van der Waals surface area contributed by atoms with Crippen molar-refractivity contribution >= 4 is 11.8 Å². The summed E-state index contributed by atoms with van der Waals surface area (Å²) in [4.78, 5) is 26.4. The van der Waals surface area contributed by atoms with E-state index in [2.05, 4.69) is 12.2 Å². The van der Waals surface area contributed by atoms with Gasteiger partial charge in [-0.15, -0.1) is 0 Å². The molecule has 1 aliphatic rings. The van der Waals surface area contributed by atoms with Crippen LogP contribution in [0.3, 0.4) is 0 Å². The van der Waals surface area contributed by atoms with Crippen LogP contribution in [0.2, 0.25) is 0 Å². The van der Waals surface area contributed by atoms with Gasteiger partial charge in [0.05, 0.1) is 12.5 Å². The minimum Gasteiger partial charge on any atom is -0.494 e. The lowest BCUT2D eigenvalue weighted by Gasteiger charge is -2.32. The predicted octanol–water partition coefficient (Wildman–Crippen LogP) is 1.72. The van der Waals surface area contributed by atoms with Crippen LogP contribution in [0.15, 0.2) is 24.3 Å². The molecule has 6 heteroatoms. The summed E-state index contributed by atoms with van der Waals surface area (Å²) >= 11 is 0. The lowest BCUT2D eigenvalue weighted by atomic mass is 9.96. The number of carbonyl (C=O) groups excluding carboxylic acids is 2. The summed E-state index contributed by atoms with van der Waals surface area (Å²) in [6, 6.07) is 7.93. The van der Waals surface area contributed by atoms with Gasteiger partial charge in [0.2, 0.25) is 11.8 Å². The van der Waals surface area contributed by atoms with Gasteiger partial charge < -0.3 is 20.7 Å². The summed E-state index contributed by atoms with van der Waals surface area (Å²) in [6.45, 7) is 4.97. The first kappa shape index (κ1) is 20.2. The Kier molecular flexibility index (Phi) is 8.41. The van der Waals surface area contributed by atoms with Crippen molar-refractivity contribution in [2.75, 3.05) is 32.8 Å². The largest absolute Gasteiger partial charge is 0.494 e. The van der Waals surface area contributed by atoms with Crippen molar-refractivity contribution in [1.29, 1.82) is 0 Å². The molecule has 0 saturated carbocycles. The molecule has 1 atom stereocenters. The van der Waals surface area contributed by atoms with Crippen molar-refractivity contribution < 1.29 is 14.3 Å². The second kappa shape index (κ2) is 10.8. The number of nitrogens with one attached hydrogen (secondary N) is 1. The topological polar surface area (TPSA) is 84.7 Å². The van der Waals surface area contributed by atoms with Crippen LogP contribution in [-0.4, -0.2) is 49.5 Å². The van der Waals surface area contributed by atoms with Crippen molar-refractivity contribution in [2.45, 2.75) is 39.0 Å². The zero-order chi connectivity index (χ0) is 18.8. The zero-order valence-electron chi connectivity index (χ0n) is 15.7. The number of nitrogens with zero attached hydrogens (tertiary/aromatic N) is 1. The molecule has 1 saturated heterocycles. The van der Waals surface area contributed by atoms with Gasteiger partial charge in [0.25, 0.3) is 0 Å². The number of hydrogen-bond donors (Lipinski definition) is 2. The average Bonchev–Trinajstić information content (AvgIpc) is 2.69. The highest BCUT2D eigenvalue weighted by Crippen LogP contribution is 2.19. The number of likely N-dealkylation sites (tertiary alicyclic amines) is 1. The number of aryl methyl sites for hydroxylation is 1. The molecule has 26 heavy (non-hydrogen) atoms. The van der Waals surface area contributed by atoms with Crippen molar-refractivity contribution in [1.82, 2.24) is 10.2 Å². The van der Waals surface area contributed by atoms with Gasteiger partial charge in [-0.25, -0.2) is 0 Å². The first-order valence-electron chi connectivity index (χ1n) is 9.61. The quantitative estimate of drug-likeness (QED) is 0.701. The van der Waals surface area contributed by atoms with Crippen LogP contribution in [0.1, 0.15) is 38.2 Å². The van der Waals surface area contributed by atoms with Gasteiger partial charge in [-0.2, -0.15) is 0 Å². The van der Waals surface area contributed by atoms with Gasteiger partial charge in [0, 0.05) is 32.6 Å². The maximum atomic E-state index is 12.5. The van der Waals surface area contributed by atoms with Crippen LogP contribution < -0.4 is 15.8 Å². The fourth-order valence-corrected chi connectivity index (χ4v) is 3.14. The fraction of sp³-hybridized carbons (Fsp3) is 0.600. The van der Waals surface area contributed by atoms with Crippen LogP contribution in [0, 0.1) is 5.92 Å². The number of carbonyl (C=O) groups is 2. The fourth-order valence-electron chi connectivity index (χ4n) is 3.14. The van der Waals surface area contributed by atoms with Crippen LogP contribution in [0.4, 0.5) is 0 Å². The van der Waals surface area contributed by atoms with E-state index in [0.29, 0.717) is 39.1 Å². The van der Waals surface area contributed by atoms with Gasteiger partial charge in [-0.3, -0.25) is 9.59 Å². The molecule has 0 bridgehead atoms. The summed E-state index contributed by atoms with van der Waals surface area (Å²) in [6.07, 6.45) is 3.85. The first-order valence-corrected chi connectivity index (χ1v) is 9.61. The Bertz CT molecular complexity index is 574. The molecule has 3 N–H and O–H groups in total. The Morgan fingerprint density at radius 1 is 1.31 bits per heavy atom. The Morgan fingerprint density at radius 3 is 2.77 bits per heavy atom. The first-order chi connectivity index (χ1) is 12.6. The van der Waals surface area contributed by atoms with Crippen LogP contribution in [0.25, 0.3) is 0 Å². The summed E-state index contributed by atoms with van der Waals surface area (Å²) in [5, 5.41) is 2.83. The molecule has 2 rings (SSSR count). The Morgan fingerprint density at radius 2 is 2.08 bits per heavy atom. The van der Waals surface area contributed by atoms with E-state index in [4.69, 9.17) is 10.5 Å². The van der Waals surface area contributed by atoms with Gasteiger partial charge in [-0.05, 0) is 43.4 Å². The molecule has 2 amide bonds. The number of benzene rings is 1. The van der Waals surface area contributed by atoms with Crippen molar-refractivity contribution in [3.8, 4) is 5.75 Å². The number of amides is 2. The molecule has 0 aromatic heterocycles. The highest BCUT2D eigenvalue weighted by molar-refractivity contribution is 5.81. The molecular formula is C20H31N3O3. The second-order valence-electron chi connectivity index (χ2n) is 6.75. The molecule has 1 aromatic carbocycles. The summed E-state index contributed by atoms with van der Waals surface area (Å²) in [5.41, 5.74) is 6.54. The molecule has 1 heterocycles. The average molecular weight is 361 g/mol. The minimum absolute atomic E-state index is 0.00983. The molecule has 144 valence electrons. The van der Waals surface area contributed by atoms with E-state index < -0.39 is 0 Å². The van der Waals surface area contributed by atoms with Crippen LogP contribution in [0.5, 0.6) is 5.75 Å². The number of rotatable bonds is 9. The number of nitrogens with two attached hydrogens (primary N) is 1. The normalized spacial score (nSPS) is 17.0. The third-order valence-electron chi connectivity index (χ3n) is 4.61. The molecule has 0 spiro atoms. The molecule has 1 fully saturated rings. The lowest BCUT2D eigenvalue weighted by Crippen LogP contribution is -2.46. The maximum absolute atomic E-state index is 12.5. The van der Waals surface area contributed by atoms with Gasteiger partial charge in [0.15, 0.2) is 0 Å². The highest BCUT2D eigenvalue weighted by atomic mass is 16.5. The standard InChI is InChI=1S/C20H31N3O3/c1-2-14-26-18-8-5-16(6-9-18)7-10-19(24)23-13-3-4-17(15-23)20(25)22-12-11-21/h5-6,8-9,17H,2-4,7,10-15,21H2,1H3,(H,22,25). The van der Waals surface area contributed by atoms with Crippen molar-refractivity contribution in [3.05, 3.63) is 29.8 Å². The molecule has 0 aliphatic carbocycles. The molecule has 1 unspecified atom stereocenters. The van der Waals surface area contributed by atoms with E-state index in [1.54, 1.807) is 0 Å². The Labute approximate surface area is 156 Å². The smallest absolute Gasteiger partial charge is 0.224 e. The predicted molar refractivity (Wildman–Crippen MR) is 102 cm³/mol. The molecule has 1 aromatic rings. The van der Waals surface area contributed by atoms with E-state index in [0.717, 1.165) is 37.1 Å². The lowest BCUT2D eigenvalue weighted by molar-refractivity contribution is -0.135. The summed E-state index contributed by atoms with van der Waals surface area (Å²) in [7, 11) is 0. The van der Waals surface area contributed by atoms with Gasteiger partial charge in [-0.1, -0.05) is 19.1 Å². The molecule has 0 radical (unpaired) electrons. The second-order valence-corrected chi connectivity index (χ2v) is 6.75. The van der Waals surface area contributed by atoms with E-state index in [9.17, 15) is 9.59 Å². The zero-order valence-corrected chi connectivity index (χ0v) is 15.7. The number of ether oxygens (including phenoxy) is 1. The molecule has 1 aliphatic heterocycles. The van der Waals surface area contributed by atoms with E-state index in [-0.39, 0.29) is 17.7 Å². The van der Waals surface area contributed by atoms with Gasteiger partial charge in [0.1, 0.15) is 5.75 Å². The van der Waals surface area contributed by atoms with E-state index in [1.165, 1.54) is 0 Å². The Balaban J connectivity index is 1.78.